The fraction of sp³-hybridized carbons (Fsp3) is 0.259. The van der Waals surface area contributed by atoms with Gasteiger partial charge < -0.3 is 5.32 Å². The molecule has 4 rings (SSSR count). The molecule has 0 bridgehead atoms. The molecule has 6 heteroatoms. The minimum Gasteiger partial charge on any atom is -0.352 e. The first-order chi connectivity index (χ1) is 16.1. The Kier molecular flexibility index (Phi) is 6.93. The van der Waals surface area contributed by atoms with Crippen LogP contribution in [0.4, 0.5) is 0 Å². The highest BCUT2D eigenvalue weighted by molar-refractivity contribution is 6.07. The number of benzene rings is 2. The second-order valence-electron chi connectivity index (χ2n) is 8.19. The van der Waals surface area contributed by atoms with Crippen LogP contribution in [0.2, 0.25) is 0 Å². The zero-order valence-electron chi connectivity index (χ0n) is 19.0. The lowest BCUT2D eigenvalue weighted by Gasteiger charge is -2.16. The molecule has 6 nitrogen and oxygen atoms in total. The molecule has 0 saturated carbocycles. The second kappa shape index (κ2) is 10.2. The molecule has 0 saturated heterocycles. The van der Waals surface area contributed by atoms with Gasteiger partial charge in [0.1, 0.15) is 0 Å². The maximum atomic E-state index is 13.0. The van der Waals surface area contributed by atoms with E-state index in [1.165, 1.54) is 0 Å². The average Bonchev–Trinajstić information content (AvgIpc) is 3.15. The summed E-state index contributed by atoms with van der Waals surface area (Å²) in [5.41, 5.74) is 5.50. The number of hydrazone groups is 1. The topological polar surface area (TPSA) is 74.7 Å². The average molecular weight is 441 g/mol. The molecule has 0 spiro atoms. The van der Waals surface area contributed by atoms with Crippen molar-refractivity contribution in [3.63, 3.8) is 0 Å². The fourth-order valence-corrected chi connectivity index (χ4v) is 4.05. The summed E-state index contributed by atoms with van der Waals surface area (Å²) in [5.74, 6) is -0.498. The maximum Gasteiger partial charge on any atom is 0.252 e. The molecule has 2 heterocycles. The normalized spacial score (nSPS) is 15.5. The summed E-state index contributed by atoms with van der Waals surface area (Å²) in [6.45, 7) is 4.91. The van der Waals surface area contributed by atoms with Crippen molar-refractivity contribution in [2.75, 3.05) is 6.54 Å². The summed E-state index contributed by atoms with van der Waals surface area (Å²) in [6, 6.07) is 19.7. The van der Waals surface area contributed by atoms with Crippen molar-refractivity contribution in [3.05, 3.63) is 89.7 Å². The molecule has 2 aromatic carbocycles. The molecule has 0 fully saturated rings. The van der Waals surface area contributed by atoms with Gasteiger partial charge in [0.25, 0.3) is 11.8 Å². The Labute approximate surface area is 194 Å². The highest BCUT2D eigenvalue weighted by Gasteiger charge is 2.34. The number of carbonyl (C=O) groups is 2. The van der Waals surface area contributed by atoms with E-state index in [4.69, 9.17) is 0 Å². The van der Waals surface area contributed by atoms with E-state index < -0.39 is 0 Å². The molecule has 0 radical (unpaired) electrons. The minimum atomic E-state index is -0.298. The Morgan fingerprint density at radius 1 is 1.03 bits per heavy atom. The molecule has 0 aliphatic carbocycles. The maximum absolute atomic E-state index is 13.0. The molecular formula is C27H28N4O2. The highest BCUT2D eigenvalue weighted by atomic mass is 16.2. The minimum absolute atomic E-state index is 0.00269. The molecule has 2 amide bonds. The van der Waals surface area contributed by atoms with E-state index in [9.17, 15) is 9.59 Å². The SMILES string of the molecule is CCC1=NN(Cc2ccccc2C)C(=O)C1CCNC(=O)c1cncc(-c2ccccc2)c1. The number of nitrogens with zero attached hydrogens (tertiary/aromatic N) is 3. The Balaban J connectivity index is 1.36. The van der Waals surface area contributed by atoms with Crippen molar-refractivity contribution >= 4 is 17.5 Å². The van der Waals surface area contributed by atoms with Crippen molar-refractivity contribution in [2.45, 2.75) is 33.2 Å². The van der Waals surface area contributed by atoms with Gasteiger partial charge in [-0.05, 0) is 42.5 Å². The van der Waals surface area contributed by atoms with Crippen LogP contribution in [0.1, 0.15) is 41.3 Å². The van der Waals surface area contributed by atoms with Crippen molar-refractivity contribution in [3.8, 4) is 11.1 Å². The third kappa shape index (κ3) is 5.17. The van der Waals surface area contributed by atoms with Crippen LogP contribution in [0.25, 0.3) is 11.1 Å². The molecule has 1 N–H and O–H groups in total. The van der Waals surface area contributed by atoms with Crippen LogP contribution in [-0.4, -0.2) is 34.1 Å². The lowest BCUT2D eigenvalue weighted by Crippen LogP contribution is -2.32. The van der Waals surface area contributed by atoms with Crippen LogP contribution >= 0.6 is 0 Å². The van der Waals surface area contributed by atoms with E-state index in [1.807, 2.05) is 74.5 Å². The number of aryl methyl sites for hydroxylation is 1. The summed E-state index contributed by atoms with van der Waals surface area (Å²) in [6.07, 6.45) is 4.53. The van der Waals surface area contributed by atoms with Crippen LogP contribution < -0.4 is 5.32 Å². The van der Waals surface area contributed by atoms with Crippen molar-refractivity contribution in [2.24, 2.45) is 11.0 Å². The summed E-state index contributed by atoms with van der Waals surface area (Å²) < 4.78 is 0. The number of aromatic nitrogens is 1. The van der Waals surface area contributed by atoms with Crippen LogP contribution in [0.3, 0.4) is 0 Å². The van der Waals surface area contributed by atoms with Gasteiger partial charge in [-0.25, -0.2) is 5.01 Å². The molecule has 1 unspecified atom stereocenters. The Morgan fingerprint density at radius 3 is 2.55 bits per heavy atom. The van der Waals surface area contributed by atoms with Gasteiger partial charge in [-0.2, -0.15) is 5.10 Å². The molecule has 3 aromatic rings. The number of hydrogen-bond acceptors (Lipinski definition) is 4. The summed E-state index contributed by atoms with van der Waals surface area (Å²) in [5, 5.41) is 9.09. The molecular weight excluding hydrogens is 412 g/mol. The zero-order chi connectivity index (χ0) is 23.2. The zero-order valence-corrected chi connectivity index (χ0v) is 19.0. The molecule has 1 aromatic heterocycles. The van der Waals surface area contributed by atoms with E-state index in [1.54, 1.807) is 17.4 Å². The molecule has 1 atom stereocenters. The molecule has 1 aliphatic rings. The third-order valence-corrected chi connectivity index (χ3v) is 5.97. The van der Waals surface area contributed by atoms with Gasteiger partial charge in [-0.15, -0.1) is 0 Å². The number of hydrogen-bond donors (Lipinski definition) is 1. The lowest BCUT2D eigenvalue weighted by atomic mass is 9.97. The number of pyridine rings is 1. The van der Waals surface area contributed by atoms with E-state index in [-0.39, 0.29) is 17.7 Å². The van der Waals surface area contributed by atoms with Gasteiger partial charge in [0.05, 0.1) is 23.7 Å². The van der Waals surface area contributed by atoms with Crippen LogP contribution in [0, 0.1) is 12.8 Å². The second-order valence-corrected chi connectivity index (χ2v) is 8.19. The van der Waals surface area contributed by atoms with Gasteiger partial charge in [0.15, 0.2) is 0 Å². The van der Waals surface area contributed by atoms with Gasteiger partial charge in [-0.3, -0.25) is 14.6 Å². The third-order valence-electron chi connectivity index (χ3n) is 5.97. The first-order valence-electron chi connectivity index (χ1n) is 11.3. The summed E-state index contributed by atoms with van der Waals surface area (Å²) in [4.78, 5) is 29.9. The molecule has 168 valence electrons. The van der Waals surface area contributed by atoms with E-state index in [0.29, 0.717) is 31.5 Å². The largest absolute Gasteiger partial charge is 0.352 e. The summed E-state index contributed by atoms with van der Waals surface area (Å²) in [7, 11) is 0. The van der Waals surface area contributed by atoms with Crippen molar-refractivity contribution < 1.29 is 9.59 Å². The van der Waals surface area contributed by atoms with E-state index >= 15 is 0 Å². The fourth-order valence-electron chi connectivity index (χ4n) is 4.05. The monoisotopic (exact) mass is 440 g/mol. The van der Waals surface area contributed by atoms with Gasteiger partial charge in [0.2, 0.25) is 0 Å². The van der Waals surface area contributed by atoms with Gasteiger partial charge in [-0.1, -0.05) is 61.5 Å². The highest BCUT2D eigenvalue weighted by Crippen LogP contribution is 2.24. The Morgan fingerprint density at radius 2 is 1.79 bits per heavy atom. The number of carbonyl (C=O) groups excluding carboxylic acids is 2. The van der Waals surface area contributed by atoms with Crippen LogP contribution in [0.15, 0.2) is 78.2 Å². The van der Waals surface area contributed by atoms with Crippen molar-refractivity contribution in [1.82, 2.24) is 15.3 Å². The molecule has 33 heavy (non-hydrogen) atoms. The van der Waals surface area contributed by atoms with Crippen LogP contribution in [-0.2, 0) is 11.3 Å². The first kappa shape index (κ1) is 22.4. The lowest BCUT2D eigenvalue weighted by molar-refractivity contribution is -0.132. The van der Waals surface area contributed by atoms with E-state index in [0.717, 1.165) is 28.0 Å². The number of amides is 2. The first-order valence-corrected chi connectivity index (χ1v) is 11.3. The Hall–Kier alpha value is -3.80. The smallest absolute Gasteiger partial charge is 0.252 e. The number of rotatable bonds is 8. The predicted octanol–water partition coefficient (Wildman–Crippen LogP) is 4.60. The standard InChI is InChI=1S/C27H28N4O2/c1-3-25-24(27(33)31(30-25)18-21-12-8-7-9-19(21)2)13-14-29-26(32)23-15-22(16-28-17-23)20-10-5-4-6-11-20/h4-12,15-17,24H,3,13-14,18H2,1-2H3,(H,29,32). The quantitative estimate of drug-likeness (QED) is 0.556. The van der Waals surface area contributed by atoms with Crippen molar-refractivity contribution in [1.29, 1.82) is 0 Å². The van der Waals surface area contributed by atoms with E-state index in [2.05, 4.69) is 15.4 Å². The Bertz CT molecular complexity index is 1170. The van der Waals surface area contributed by atoms with Gasteiger partial charge in [0, 0.05) is 24.5 Å². The van der Waals surface area contributed by atoms with Gasteiger partial charge >= 0.3 is 0 Å². The number of nitrogens with one attached hydrogen (secondary N) is 1. The van der Waals surface area contributed by atoms with Crippen LogP contribution in [0.5, 0.6) is 0 Å². The predicted molar refractivity (Wildman–Crippen MR) is 130 cm³/mol. The molecule has 1 aliphatic heterocycles. The summed E-state index contributed by atoms with van der Waals surface area (Å²) >= 11 is 0.